The van der Waals surface area contributed by atoms with Gasteiger partial charge in [-0.3, -0.25) is 9.36 Å². The van der Waals surface area contributed by atoms with E-state index in [4.69, 9.17) is 9.05 Å². The molecule has 0 saturated heterocycles. The van der Waals surface area contributed by atoms with Crippen molar-refractivity contribution in [1.29, 1.82) is 0 Å². The lowest BCUT2D eigenvalue weighted by molar-refractivity contribution is -0.870. The zero-order valence-electron chi connectivity index (χ0n) is 55.6. The number of aliphatic hydroxyl groups is 1. The molecule has 1 amide bonds. The standard InChI is InChI=1S/C74H139N2O6P/c1-6-8-10-12-14-16-18-20-22-24-26-28-30-32-34-36-38-40-42-44-46-48-50-52-54-56-58-60-62-64-66-68-74(78)75-72(71-82-83(79,80)81-70-69-76(3,4)5)73(77)67-65-63-61-59-57-55-53-51-49-47-45-43-41-39-37-35-33-31-29-27-25-23-21-19-17-15-13-11-9-7-2/h8,10,14,16,20,22,26,28,32,34,65,67,72-73,77H,6-7,9,11-13,15,17-19,21,23-25,27,29-31,33,35-64,66,68-71H2,1-5H3,(H-,75,78,79,80)/b10-8-,16-14-,22-20-,28-26-,34-32-,67-65+. The molecule has 0 aromatic rings. The second-order valence-corrected chi connectivity index (χ2v) is 27.0. The van der Waals surface area contributed by atoms with Crippen molar-refractivity contribution >= 4 is 13.7 Å². The summed E-state index contributed by atoms with van der Waals surface area (Å²) in [6.45, 7) is 4.58. The van der Waals surface area contributed by atoms with Crippen LogP contribution >= 0.6 is 7.82 Å². The molecule has 9 heteroatoms. The van der Waals surface area contributed by atoms with Gasteiger partial charge in [0, 0.05) is 6.42 Å². The van der Waals surface area contributed by atoms with Gasteiger partial charge in [0.1, 0.15) is 13.2 Å². The van der Waals surface area contributed by atoms with Crippen molar-refractivity contribution in [2.75, 3.05) is 40.9 Å². The van der Waals surface area contributed by atoms with Crippen LogP contribution < -0.4 is 10.2 Å². The van der Waals surface area contributed by atoms with E-state index < -0.39 is 20.0 Å². The van der Waals surface area contributed by atoms with Gasteiger partial charge in [0.05, 0.1) is 39.9 Å². The number of carbonyl (C=O) groups is 1. The molecule has 0 fully saturated rings. The maximum absolute atomic E-state index is 13.0. The molecule has 0 spiro atoms. The van der Waals surface area contributed by atoms with E-state index in [1.807, 2.05) is 27.2 Å². The maximum atomic E-state index is 13.0. The fourth-order valence-electron chi connectivity index (χ4n) is 10.7. The lowest BCUT2D eigenvalue weighted by atomic mass is 10.0. The number of phosphoric acid groups is 1. The van der Waals surface area contributed by atoms with E-state index in [9.17, 15) is 19.4 Å². The zero-order chi connectivity index (χ0) is 60.5. The first-order valence-corrected chi connectivity index (χ1v) is 37.3. The van der Waals surface area contributed by atoms with Crippen LogP contribution in [0.3, 0.4) is 0 Å². The number of nitrogens with one attached hydrogen (secondary N) is 1. The van der Waals surface area contributed by atoms with E-state index in [0.29, 0.717) is 17.4 Å². The van der Waals surface area contributed by atoms with E-state index in [1.54, 1.807) is 6.08 Å². The Kier molecular flexibility index (Phi) is 62.8. The Morgan fingerprint density at radius 3 is 1.07 bits per heavy atom. The van der Waals surface area contributed by atoms with Gasteiger partial charge in [0.15, 0.2) is 0 Å². The molecule has 0 bridgehead atoms. The number of quaternary nitrogens is 1. The Morgan fingerprint density at radius 2 is 0.735 bits per heavy atom. The van der Waals surface area contributed by atoms with Gasteiger partial charge in [-0.25, -0.2) is 0 Å². The molecule has 3 unspecified atom stereocenters. The number of allylic oxidation sites excluding steroid dienone is 11. The van der Waals surface area contributed by atoms with Gasteiger partial charge in [-0.05, 0) is 64.2 Å². The Morgan fingerprint density at radius 1 is 0.434 bits per heavy atom. The predicted molar refractivity (Wildman–Crippen MR) is 362 cm³/mol. The molecule has 0 saturated carbocycles. The molecule has 0 rings (SSSR count). The normalized spacial score (nSPS) is 14.1. The second-order valence-electron chi connectivity index (χ2n) is 25.6. The van der Waals surface area contributed by atoms with Crippen LogP contribution in [0.25, 0.3) is 0 Å². The molecular formula is C74H139N2O6P. The summed E-state index contributed by atoms with van der Waals surface area (Å²) in [5.41, 5.74) is 0. The summed E-state index contributed by atoms with van der Waals surface area (Å²) in [7, 11) is 1.27. The third-order valence-electron chi connectivity index (χ3n) is 16.2. The smallest absolute Gasteiger partial charge is 0.268 e. The number of phosphoric ester groups is 1. The summed E-state index contributed by atoms with van der Waals surface area (Å²) in [5, 5.41) is 14.0. The minimum Gasteiger partial charge on any atom is -0.756 e. The molecule has 2 N–H and O–H groups in total. The third kappa shape index (κ3) is 67.3. The summed E-state index contributed by atoms with van der Waals surface area (Å²) < 4.78 is 23.5. The number of unbranched alkanes of at least 4 members (excludes halogenated alkanes) is 43. The van der Waals surface area contributed by atoms with Crippen molar-refractivity contribution < 1.29 is 32.9 Å². The number of rotatable bonds is 66. The summed E-state index contributed by atoms with van der Waals surface area (Å²) in [5.74, 6) is -0.195. The first-order chi connectivity index (χ1) is 40.5. The van der Waals surface area contributed by atoms with E-state index in [0.717, 1.165) is 70.6 Å². The van der Waals surface area contributed by atoms with E-state index >= 15 is 0 Å². The molecule has 0 heterocycles. The number of carbonyl (C=O) groups excluding carboxylic acids is 1. The topological polar surface area (TPSA) is 108 Å². The van der Waals surface area contributed by atoms with Crippen LogP contribution in [0.4, 0.5) is 0 Å². The van der Waals surface area contributed by atoms with Crippen LogP contribution in [-0.4, -0.2) is 68.5 Å². The van der Waals surface area contributed by atoms with E-state index in [-0.39, 0.29) is 19.1 Å². The van der Waals surface area contributed by atoms with Crippen molar-refractivity contribution in [3.8, 4) is 0 Å². The largest absolute Gasteiger partial charge is 0.756 e. The van der Waals surface area contributed by atoms with Gasteiger partial charge < -0.3 is 28.8 Å². The lowest BCUT2D eigenvalue weighted by Gasteiger charge is -2.29. The Balaban J connectivity index is 4.06. The summed E-state index contributed by atoms with van der Waals surface area (Å²) >= 11 is 0. The van der Waals surface area contributed by atoms with Crippen LogP contribution in [0.1, 0.15) is 341 Å². The Hall–Kier alpha value is -2.06. The molecule has 0 aromatic heterocycles. The highest BCUT2D eigenvalue weighted by atomic mass is 31.2. The van der Waals surface area contributed by atoms with Crippen LogP contribution in [-0.2, 0) is 18.4 Å². The van der Waals surface area contributed by atoms with Crippen LogP contribution in [0.2, 0.25) is 0 Å². The van der Waals surface area contributed by atoms with Crippen LogP contribution in [0.5, 0.6) is 0 Å². The fourth-order valence-corrected chi connectivity index (χ4v) is 11.4. The first-order valence-electron chi connectivity index (χ1n) is 35.8. The van der Waals surface area contributed by atoms with Crippen molar-refractivity contribution in [2.24, 2.45) is 0 Å². The van der Waals surface area contributed by atoms with Gasteiger partial charge in [0.25, 0.3) is 7.82 Å². The molecule has 0 aliphatic rings. The Bertz CT molecular complexity index is 1580. The minimum absolute atomic E-state index is 0.00189. The number of hydrogen-bond donors (Lipinski definition) is 2. The van der Waals surface area contributed by atoms with Crippen LogP contribution in [0.15, 0.2) is 72.9 Å². The lowest BCUT2D eigenvalue weighted by Crippen LogP contribution is -2.45. The fraction of sp³-hybridized carbons (Fsp3) is 0.824. The number of aliphatic hydroxyl groups excluding tert-OH is 1. The van der Waals surface area contributed by atoms with E-state index in [1.165, 1.54) is 250 Å². The molecule has 8 nitrogen and oxygen atoms in total. The van der Waals surface area contributed by atoms with Crippen LogP contribution in [0, 0.1) is 0 Å². The summed E-state index contributed by atoms with van der Waals surface area (Å²) in [6, 6.07) is -0.891. The molecule has 0 aromatic carbocycles. The van der Waals surface area contributed by atoms with Crippen molar-refractivity contribution in [1.82, 2.24) is 5.32 Å². The van der Waals surface area contributed by atoms with Gasteiger partial charge in [-0.15, -0.1) is 0 Å². The quantitative estimate of drug-likeness (QED) is 0.0272. The number of amides is 1. The van der Waals surface area contributed by atoms with Gasteiger partial charge in [0.2, 0.25) is 5.91 Å². The van der Waals surface area contributed by atoms with Gasteiger partial charge in [-0.1, -0.05) is 344 Å². The zero-order valence-corrected chi connectivity index (χ0v) is 56.5. The van der Waals surface area contributed by atoms with Crippen molar-refractivity contribution in [3.63, 3.8) is 0 Å². The van der Waals surface area contributed by atoms with E-state index in [2.05, 4.69) is 79.9 Å². The number of nitrogens with zero attached hydrogens (tertiary/aromatic N) is 1. The highest BCUT2D eigenvalue weighted by molar-refractivity contribution is 7.45. The number of likely N-dealkylation sites (N-methyl/N-ethyl adjacent to an activating group) is 1. The summed E-state index contributed by atoms with van der Waals surface area (Å²) in [4.78, 5) is 25.7. The van der Waals surface area contributed by atoms with Crippen molar-refractivity contribution in [3.05, 3.63) is 72.9 Å². The minimum atomic E-state index is -4.61. The average Bonchev–Trinajstić information content (AvgIpc) is 3.49. The Labute approximate surface area is 516 Å². The maximum Gasteiger partial charge on any atom is 0.268 e. The predicted octanol–water partition coefficient (Wildman–Crippen LogP) is 22.3. The molecule has 486 valence electrons. The SMILES string of the molecule is CC/C=C\C/C=C\C/C=C\C/C=C\C/C=C\CCCCCCCCCCCCCCCCCC(=O)NC(COP(=O)([O-])OCC[N+](C)(C)C)C(O)/C=C/CCCCCCCCCCCCCCCCCCCCCCCCCCCCCC. The molecule has 83 heavy (non-hydrogen) atoms. The molecule has 0 aliphatic carbocycles. The monoisotopic (exact) mass is 1180 g/mol. The third-order valence-corrected chi connectivity index (χ3v) is 17.1. The molecule has 0 aliphatic heterocycles. The second kappa shape index (κ2) is 64.4. The highest BCUT2D eigenvalue weighted by Crippen LogP contribution is 2.38. The molecule has 0 radical (unpaired) electrons. The van der Waals surface area contributed by atoms with Crippen molar-refractivity contribution in [2.45, 2.75) is 353 Å². The van der Waals surface area contributed by atoms with Gasteiger partial charge in [-0.2, -0.15) is 0 Å². The first kappa shape index (κ1) is 80.9. The number of hydrogen-bond acceptors (Lipinski definition) is 6. The summed E-state index contributed by atoms with van der Waals surface area (Å²) in [6.07, 6.45) is 90.3. The molecule has 3 atom stereocenters. The highest BCUT2D eigenvalue weighted by Gasteiger charge is 2.23. The average molecular weight is 1180 g/mol. The van der Waals surface area contributed by atoms with Gasteiger partial charge >= 0.3 is 0 Å². The molecular weight excluding hydrogens is 1040 g/mol.